The van der Waals surface area contributed by atoms with Crippen LogP contribution in [-0.2, 0) is 4.79 Å². The van der Waals surface area contributed by atoms with E-state index in [1.807, 2.05) is 56.3 Å². The maximum Gasteiger partial charge on any atom is 0.277 e. The SMILES string of the molecule is Cc1ccc(C)c(OCC(=O)N/N=C\c2cnc3ccccc3n2)c1. The highest BCUT2D eigenvalue weighted by Gasteiger charge is 2.04. The maximum absolute atomic E-state index is 11.8. The number of hydrogen-bond acceptors (Lipinski definition) is 5. The van der Waals surface area contributed by atoms with Crippen LogP contribution in [0.5, 0.6) is 5.75 Å². The van der Waals surface area contributed by atoms with Crippen molar-refractivity contribution >= 4 is 23.2 Å². The quantitative estimate of drug-likeness (QED) is 0.575. The first-order valence-electron chi connectivity index (χ1n) is 7.85. The first-order valence-corrected chi connectivity index (χ1v) is 7.85. The average molecular weight is 334 g/mol. The van der Waals surface area contributed by atoms with Gasteiger partial charge in [0.25, 0.3) is 5.91 Å². The number of fused-ring (bicyclic) bond motifs is 1. The summed E-state index contributed by atoms with van der Waals surface area (Å²) in [5.41, 5.74) is 6.63. The molecule has 0 bridgehead atoms. The number of rotatable bonds is 5. The summed E-state index contributed by atoms with van der Waals surface area (Å²) in [5.74, 6) is 0.352. The van der Waals surface area contributed by atoms with Gasteiger partial charge in [0.2, 0.25) is 0 Å². The van der Waals surface area contributed by atoms with Crippen LogP contribution in [0.1, 0.15) is 16.8 Å². The monoisotopic (exact) mass is 334 g/mol. The number of hydrazone groups is 1. The Bertz CT molecular complexity index is 938. The van der Waals surface area contributed by atoms with E-state index in [0.29, 0.717) is 11.4 Å². The molecule has 3 rings (SSSR count). The van der Waals surface area contributed by atoms with Crippen LogP contribution in [-0.4, -0.2) is 28.7 Å². The molecule has 1 amide bonds. The normalized spacial score (nSPS) is 11.0. The fraction of sp³-hybridized carbons (Fsp3) is 0.158. The number of nitrogens with zero attached hydrogens (tertiary/aromatic N) is 3. The molecule has 2 aromatic carbocycles. The van der Waals surface area contributed by atoms with Gasteiger partial charge in [-0.25, -0.2) is 10.4 Å². The number of carbonyl (C=O) groups is 1. The van der Waals surface area contributed by atoms with Crippen molar-refractivity contribution in [2.75, 3.05) is 6.61 Å². The second kappa shape index (κ2) is 7.53. The Kier molecular flexibility index (Phi) is 4.99. The third kappa shape index (κ3) is 4.38. The van der Waals surface area contributed by atoms with Crippen LogP contribution in [0.15, 0.2) is 53.8 Å². The molecule has 0 aliphatic heterocycles. The van der Waals surface area contributed by atoms with E-state index >= 15 is 0 Å². The van der Waals surface area contributed by atoms with Crippen LogP contribution in [0.25, 0.3) is 11.0 Å². The largest absolute Gasteiger partial charge is 0.483 e. The number of carbonyl (C=O) groups excluding carboxylic acids is 1. The van der Waals surface area contributed by atoms with Gasteiger partial charge in [-0.05, 0) is 43.2 Å². The van der Waals surface area contributed by atoms with E-state index in [0.717, 1.165) is 22.2 Å². The molecule has 0 unspecified atom stereocenters. The van der Waals surface area contributed by atoms with Gasteiger partial charge in [-0.15, -0.1) is 0 Å². The molecule has 6 heteroatoms. The van der Waals surface area contributed by atoms with Gasteiger partial charge in [0, 0.05) is 0 Å². The minimum absolute atomic E-state index is 0.106. The van der Waals surface area contributed by atoms with Crippen molar-refractivity contribution in [3.05, 3.63) is 65.5 Å². The number of hydrogen-bond donors (Lipinski definition) is 1. The Hall–Kier alpha value is -3.28. The molecule has 0 atom stereocenters. The standard InChI is InChI=1S/C19H18N4O2/c1-13-7-8-14(2)18(9-13)25-12-19(24)23-21-11-15-10-20-16-5-3-4-6-17(16)22-15/h3-11H,12H2,1-2H3,(H,23,24)/b21-11-. The number of benzene rings is 2. The van der Waals surface area contributed by atoms with Crippen LogP contribution in [0, 0.1) is 13.8 Å². The van der Waals surface area contributed by atoms with E-state index in [-0.39, 0.29) is 12.5 Å². The number of para-hydroxylation sites is 2. The van der Waals surface area contributed by atoms with E-state index in [2.05, 4.69) is 20.5 Å². The summed E-state index contributed by atoms with van der Waals surface area (Å²) in [6, 6.07) is 13.4. The van der Waals surface area contributed by atoms with Gasteiger partial charge < -0.3 is 4.74 Å². The Labute approximate surface area is 145 Å². The van der Waals surface area contributed by atoms with Crippen molar-refractivity contribution in [3.8, 4) is 5.75 Å². The Balaban J connectivity index is 1.55. The summed E-state index contributed by atoms with van der Waals surface area (Å²) in [4.78, 5) is 20.5. The number of ether oxygens (including phenoxy) is 1. The molecule has 0 fully saturated rings. The molecule has 0 radical (unpaired) electrons. The number of aromatic nitrogens is 2. The Morgan fingerprint density at radius 3 is 2.84 bits per heavy atom. The van der Waals surface area contributed by atoms with Crippen molar-refractivity contribution in [2.24, 2.45) is 5.10 Å². The van der Waals surface area contributed by atoms with Crippen LogP contribution in [0.4, 0.5) is 0 Å². The van der Waals surface area contributed by atoms with Crippen LogP contribution in [0.3, 0.4) is 0 Å². The second-order valence-electron chi connectivity index (χ2n) is 5.63. The van der Waals surface area contributed by atoms with Gasteiger partial charge in [0.05, 0.1) is 23.4 Å². The summed E-state index contributed by atoms with van der Waals surface area (Å²) < 4.78 is 5.53. The molecule has 0 aliphatic rings. The zero-order valence-corrected chi connectivity index (χ0v) is 14.1. The highest BCUT2D eigenvalue weighted by Crippen LogP contribution is 2.18. The van der Waals surface area contributed by atoms with Gasteiger partial charge in [-0.3, -0.25) is 9.78 Å². The van der Waals surface area contributed by atoms with Gasteiger partial charge in [0.1, 0.15) is 11.4 Å². The molecule has 0 aliphatic carbocycles. The highest BCUT2D eigenvalue weighted by atomic mass is 16.5. The lowest BCUT2D eigenvalue weighted by Crippen LogP contribution is -2.24. The molecule has 0 spiro atoms. The Morgan fingerprint density at radius 1 is 1.20 bits per heavy atom. The summed E-state index contributed by atoms with van der Waals surface area (Å²) in [5, 5.41) is 3.89. The zero-order chi connectivity index (χ0) is 17.6. The molecule has 0 saturated heterocycles. The first kappa shape index (κ1) is 16.6. The number of amides is 1. The van der Waals surface area contributed by atoms with E-state index in [4.69, 9.17) is 4.74 Å². The third-order valence-corrected chi connectivity index (χ3v) is 3.56. The molecule has 1 heterocycles. The lowest BCUT2D eigenvalue weighted by atomic mass is 10.1. The summed E-state index contributed by atoms with van der Waals surface area (Å²) in [6.07, 6.45) is 3.06. The van der Waals surface area contributed by atoms with Crippen molar-refractivity contribution < 1.29 is 9.53 Å². The molecular weight excluding hydrogens is 316 g/mol. The lowest BCUT2D eigenvalue weighted by molar-refractivity contribution is -0.123. The first-order chi connectivity index (χ1) is 12.1. The minimum atomic E-state index is -0.342. The van der Waals surface area contributed by atoms with E-state index in [1.165, 1.54) is 6.21 Å². The molecule has 3 aromatic rings. The van der Waals surface area contributed by atoms with Crippen LogP contribution >= 0.6 is 0 Å². The topological polar surface area (TPSA) is 76.5 Å². The van der Waals surface area contributed by atoms with Crippen molar-refractivity contribution in [1.82, 2.24) is 15.4 Å². The Morgan fingerprint density at radius 2 is 2.00 bits per heavy atom. The van der Waals surface area contributed by atoms with E-state index in [9.17, 15) is 4.79 Å². The molecule has 6 nitrogen and oxygen atoms in total. The summed E-state index contributed by atoms with van der Waals surface area (Å²) in [7, 11) is 0. The van der Waals surface area contributed by atoms with E-state index < -0.39 is 0 Å². The molecule has 25 heavy (non-hydrogen) atoms. The highest BCUT2D eigenvalue weighted by molar-refractivity contribution is 5.84. The predicted molar refractivity (Wildman–Crippen MR) is 96.7 cm³/mol. The maximum atomic E-state index is 11.8. The van der Waals surface area contributed by atoms with Crippen molar-refractivity contribution in [3.63, 3.8) is 0 Å². The lowest BCUT2D eigenvalue weighted by Gasteiger charge is -2.08. The van der Waals surface area contributed by atoms with Crippen LogP contribution < -0.4 is 10.2 Å². The smallest absolute Gasteiger partial charge is 0.277 e. The van der Waals surface area contributed by atoms with Crippen molar-refractivity contribution in [1.29, 1.82) is 0 Å². The number of nitrogens with one attached hydrogen (secondary N) is 1. The fourth-order valence-corrected chi connectivity index (χ4v) is 2.24. The van der Waals surface area contributed by atoms with Gasteiger partial charge in [0.15, 0.2) is 6.61 Å². The molecule has 1 aromatic heterocycles. The van der Waals surface area contributed by atoms with Gasteiger partial charge in [-0.1, -0.05) is 24.3 Å². The molecule has 0 saturated carbocycles. The average Bonchev–Trinajstić information content (AvgIpc) is 2.62. The van der Waals surface area contributed by atoms with E-state index in [1.54, 1.807) is 6.20 Å². The minimum Gasteiger partial charge on any atom is -0.483 e. The molecular formula is C19H18N4O2. The van der Waals surface area contributed by atoms with Crippen molar-refractivity contribution in [2.45, 2.75) is 13.8 Å². The van der Waals surface area contributed by atoms with Crippen LogP contribution in [0.2, 0.25) is 0 Å². The molecule has 126 valence electrons. The van der Waals surface area contributed by atoms with Gasteiger partial charge in [-0.2, -0.15) is 5.10 Å². The fourth-order valence-electron chi connectivity index (χ4n) is 2.24. The number of aryl methyl sites for hydroxylation is 2. The third-order valence-electron chi connectivity index (χ3n) is 3.56. The molecule has 1 N–H and O–H groups in total. The van der Waals surface area contributed by atoms with Gasteiger partial charge >= 0.3 is 0 Å². The summed E-state index contributed by atoms with van der Waals surface area (Å²) >= 11 is 0. The predicted octanol–water partition coefficient (Wildman–Crippen LogP) is 2.78. The second-order valence-corrected chi connectivity index (χ2v) is 5.63. The zero-order valence-electron chi connectivity index (χ0n) is 14.1. The summed E-state index contributed by atoms with van der Waals surface area (Å²) in [6.45, 7) is 3.80.